The van der Waals surface area contributed by atoms with E-state index in [2.05, 4.69) is 33.9 Å². The monoisotopic (exact) mass is 353 g/mol. The molecule has 0 saturated heterocycles. The summed E-state index contributed by atoms with van der Waals surface area (Å²) in [6.07, 6.45) is 0. The van der Waals surface area contributed by atoms with Gasteiger partial charge in [-0.1, -0.05) is 42.3 Å². The zero-order valence-corrected chi connectivity index (χ0v) is 13.4. The van der Waals surface area contributed by atoms with Gasteiger partial charge in [0.15, 0.2) is 11.6 Å². The number of methoxy groups -OCH3 is 1. The van der Waals surface area contributed by atoms with Crippen LogP contribution in [0.2, 0.25) is 5.02 Å². The molecule has 3 nitrogen and oxygen atoms in total. The Morgan fingerprint density at radius 3 is 2.61 bits per heavy atom. The van der Waals surface area contributed by atoms with Crippen molar-refractivity contribution in [3.8, 4) is 11.2 Å². The molecule has 2 rings (SSSR count). The van der Waals surface area contributed by atoms with Gasteiger partial charge in [-0.25, -0.2) is 13.6 Å². The lowest BCUT2D eigenvalue weighted by atomic mass is 10.1. The smallest absolute Gasteiger partial charge is 0.340 e. The van der Waals surface area contributed by atoms with E-state index in [0.29, 0.717) is 5.69 Å². The first kappa shape index (κ1) is 17.1. The molecule has 0 aromatic heterocycles. The third-order valence-corrected chi connectivity index (χ3v) is 3.38. The number of halogens is 3. The average Bonchev–Trinajstić information content (AvgIpc) is 2.55. The highest BCUT2D eigenvalue weighted by Crippen LogP contribution is 2.32. The first-order chi connectivity index (χ1) is 11.0. The molecule has 0 aliphatic rings. The predicted molar refractivity (Wildman–Crippen MR) is 88.3 cm³/mol. The van der Waals surface area contributed by atoms with E-state index in [0.717, 1.165) is 13.2 Å². The van der Waals surface area contributed by atoms with Crippen LogP contribution in [0.4, 0.5) is 20.2 Å². The van der Waals surface area contributed by atoms with Crippen LogP contribution in [0.1, 0.15) is 15.9 Å². The SMILES string of the molecule is COC(=O)c1cc(C#CS)c(F)c(F)c1Nc1ccccc1Cl. The molecule has 0 saturated carbocycles. The van der Waals surface area contributed by atoms with Gasteiger partial charge in [-0.05, 0) is 23.5 Å². The van der Waals surface area contributed by atoms with Gasteiger partial charge in [0, 0.05) is 0 Å². The number of hydrogen-bond acceptors (Lipinski definition) is 4. The Morgan fingerprint density at radius 1 is 1.30 bits per heavy atom. The Labute approximate surface area is 142 Å². The van der Waals surface area contributed by atoms with E-state index < -0.39 is 17.6 Å². The van der Waals surface area contributed by atoms with E-state index >= 15 is 0 Å². The number of carbonyl (C=O) groups is 1. The van der Waals surface area contributed by atoms with Crippen molar-refractivity contribution in [2.75, 3.05) is 12.4 Å². The maximum Gasteiger partial charge on any atom is 0.340 e. The summed E-state index contributed by atoms with van der Waals surface area (Å²) >= 11 is 9.63. The molecule has 0 aliphatic carbocycles. The van der Waals surface area contributed by atoms with Gasteiger partial charge in [-0.15, -0.1) is 0 Å². The molecule has 0 amide bonds. The second-order valence-electron chi connectivity index (χ2n) is 4.31. The molecular weight excluding hydrogens is 344 g/mol. The van der Waals surface area contributed by atoms with Crippen LogP contribution in [0.3, 0.4) is 0 Å². The van der Waals surface area contributed by atoms with E-state index in [1.54, 1.807) is 24.3 Å². The van der Waals surface area contributed by atoms with E-state index in [1.807, 2.05) is 0 Å². The molecule has 7 heteroatoms. The molecule has 0 atom stereocenters. The van der Waals surface area contributed by atoms with Crippen molar-refractivity contribution < 1.29 is 18.3 Å². The van der Waals surface area contributed by atoms with E-state index in [-0.39, 0.29) is 21.8 Å². The van der Waals surface area contributed by atoms with Crippen LogP contribution in [-0.2, 0) is 4.74 Å². The van der Waals surface area contributed by atoms with Gasteiger partial charge in [-0.2, -0.15) is 0 Å². The van der Waals surface area contributed by atoms with Crippen molar-refractivity contribution in [1.29, 1.82) is 0 Å². The molecule has 0 radical (unpaired) electrons. The number of para-hydroxylation sites is 1. The molecule has 0 heterocycles. The standard InChI is InChI=1S/C16H10ClF2NO2S/c1-22-16(21)10-8-9(6-7-23)13(18)14(19)15(10)20-12-5-3-2-4-11(12)17/h2-5,8,20,23H,1H3. The number of anilines is 2. The Hall–Kier alpha value is -2.23. The largest absolute Gasteiger partial charge is 0.465 e. The van der Waals surface area contributed by atoms with Crippen LogP contribution >= 0.6 is 24.2 Å². The van der Waals surface area contributed by atoms with Crippen molar-refractivity contribution in [3.05, 3.63) is 58.1 Å². The van der Waals surface area contributed by atoms with Crippen molar-refractivity contribution in [1.82, 2.24) is 0 Å². The van der Waals surface area contributed by atoms with E-state index in [9.17, 15) is 13.6 Å². The average molecular weight is 354 g/mol. The minimum Gasteiger partial charge on any atom is -0.465 e. The third kappa shape index (κ3) is 3.58. The number of thiol groups is 1. The van der Waals surface area contributed by atoms with Crippen LogP contribution in [-0.4, -0.2) is 13.1 Å². The van der Waals surface area contributed by atoms with Crippen LogP contribution in [0.25, 0.3) is 0 Å². The lowest BCUT2D eigenvalue weighted by Gasteiger charge is -2.14. The topological polar surface area (TPSA) is 38.3 Å². The maximum atomic E-state index is 14.4. The highest BCUT2D eigenvalue weighted by molar-refractivity contribution is 7.85. The Balaban J connectivity index is 2.65. The van der Waals surface area contributed by atoms with Crippen molar-refractivity contribution >= 4 is 41.6 Å². The second-order valence-corrected chi connectivity index (χ2v) is 4.94. The highest BCUT2D eigenvalue weighted by Gasteiger charge is 2.23. The fourth-order valence-electron chi connectivity index (χ4n) is 1.87. The normalized spacial score (nSPS) is 9.78. The van der Waals surface area contributed by atoms with Gasteiger partial charge >= 0.3 is 5.97 Å². The molecule has 2 aromatic rings. The summed E-state index contributed by atoms with van der Waals surface area (Å²) in [5.41, 5.74) is -0.585. The van der Waals surface area contributed by atoms with Gasteiger partial charge in [0.05, 0.1) is 34.6 Å². The number of benzene rings is 2. The van der Waals surface area contributed by atoms with Gasteiger partial charge in [0.25, 0.3) is 0 Å². The summed E-state index contributed by atoms with van der Waals surface area (Å²) in [6, 6.07) is 7.55. The molecule has 0 bridgehead atoms. The molecule has 0 aliphatic heterocycles. The number of carbonyl (C=O) groups excluding carboxylic acids is 1. The fraction of sp³-hybridized carbons (Fsp3) is 0.0625. The van der Waals surface area contributed by atoms with Crippen LogP contribution < -0.4 is 5.32 Å². The van der Waals surface area contributed by atoms with Gasteiger partial charge in [0.1, 0.15) is 0 Å². The molecule has 0 unspecified atom stereocenters. The van der Waals surface area contributed by atoms with E-state index in [4.69, 9.17) is 11.6 Å². The molecule has 0 spiro atoms. The van der Waals surface area contributed by atoms with Crippen molar-refractivity contribution in [2.24, 2.45) is 0 Å². The first-order valence-electron chi connectivity index (χ1n) is 6.26. The van der Waals surface area contributed by atoms with Crippen LogP contribution in [0, 0.1) is 22.8 Å². The number of nitrogens with one attached hydrogen (secondary N) is 1. The number of esters is 1. The van der Waals surface area contributed by atoms with Gasteiger partial charge < -0.3 is 10.1 Å². The molecule has 23 heavy (non-hydrogen) atoms. The molecular formula is C16H10ClF2NO2S. The number of rotatable bonds is 3. The Bertz CT molecular complexity index is 831. The fourth-order valence-corrected chi connectivity index (χ4v) is 2.17. The quantitative estimate of drug-likeness (QED) is 0.488. The minimum atomic E-state index is -1.26. The predicted octanol–water partition coefficient (Wildman–Crippen LogP) is 4.39. The van der Waals surface area contributed by atoms with Crippen molar-refractivity contribution in [2.45, 2.75) is 0 Å². The Morgan fingerprint density at radius 2 is 2.00 bits per heavy atom. The minimum absolute atomic E-state index is 0.211. The van der Waals surface area contributed by atoms with Crippen LogP contribution in [0.15, 0.2) is 30.3 Å². The summed E-state index contributed by atoms with van der Waals surface area (Å²) in [5.74, 6) is -1.04. The Kier molecular flexibility index (Phi) is 5.48. The maximum absolute atomic E-state index is 14.4. The van der Waals surface area contributed by atoms with Gasteiger partial charge in [0.2, 0.25) is 0 Å². The van der Waals surface area contributed by atoms with Crippen LogP contribution in [0.5, 0.6) is 0 Å². The van der Waals surface area contributed by atoms with E-state index in [1.165, 1.54) is 0 Å². The molecule has 118 valence electrons. The summed E-state index contributed by atoms with van der Waals surface area (Å²) in [4.78, 5) is 11.9. The summed E-state index contributed by atoms with van der Waals surface area (Å²) in [6.45, 7) is 0. The zero-order valence-electron chi connectivity index (χ0n) is 11.8. The lowest BCUT2D eigenvalue weighted by Crippen LogP contribution is -2.10. The molecule has 1 N–H and O–H groups in total. The lowest BCUT2D eigenvalue weighted by molar-refractivity contribution is 0.0601. The number of ether oxygens (including phenoxy) is 1. The highest BCUT2D eigenvalue weighted by atomic mass is 35.5. The summed E-state index contributed by atoms with van der Waals surface area (Å²) < 4.78 is 33.0. The number of hydrogen-bond donors (Lipinski definition) is 2. The van der Waals surface area contributed by atoms with Gasteiger partial charge in [-0.3, -0.25) is 0 Å². The second kappa shape index (κ2) is 7.36. The zero-order chi connectivity index (χ0) is 17.0. The third-order valence-electron chi connectivity index (χ3n) is 2.94. The van der Waals surface area contributed by atoms with Crippen molar-refractivity contribution in [3.63, 3.8) is 0 Å². The summed E-state index contributed by atoms with van der Waals surface area (Å²) in [7, 11) is 1.13. The first-order valence-corrected chi connectivity index (χ1v) is 7.09. The summed E-state index contributed by atoms with van der Waals surface area (Å²) in [5, 5.41) is 5.06. The molecule has 0 fully saturated rings. The molecule has 2 aromatic carbocycles.